The molecule has 0 fully saturated rings. The summed E-state index contributed by atoms with van der Waals surface area (Å²) < 4.78 is 16.9. The number of allylic oxidation sites excluding steroid dienone is 34. The summed E-state index contributed by atoms with van der Waals surface area (Å²) >= 11 is 0. The van der Waals surface area contributed by atoms with E-state index in [4.69, 9.17) is 14.2 Å². The Morgan fingerprint density at radius 3 is 0.687 bits per heavy atom. The van der Waals surface area contributed by atoms with Crippen molar-refractivity contribution in [3.8, 4) is 0 Å². The van der Waals surface area contributed by atoms with Gasteiger partial charge in [0.2, 0.25) is 0 Å². The zero-order valence-corrected chi connectivity index (χ0v) is 52.6. The minimum atomic E-state index is -0.832. The molecule has 0 aliphatic heterocycles. The van der Waals surface area contributed by atoms with E-state index in [9.17, 15) is 14.4 Å². The van der Waals surface area contributed by atoms with Crippen molar-refractivity contribution in [2.75, 3.05) is 13.2 Å². The molecule has 0 bridgehead atoms. The molecule has 0 aromatic carbocycles. The lowest BCUT2D eigenvalue weighted by atomic mass is 10.1. The van der Waals surface area contributed by atoms with Crippen molar-refractivity contribution in [1.29, 1.82) is 0 Å². The van der Waals surface area contributed by atoms with Crippen LogP contribution in [0.1, 0.15) is 239 Å². The Morgan fingerprint density at radius 2 is 0.434 bits per heavy atom. The second-order valence-electron chi connectivity index (χ2n) is 20.5. The van der Waals surface area contributed by atoms with Crippen molar-refractivity contribution in [3.63, 3.8) is 0 Å². The van der Waals surface area contributed by atoms with E-state index in [2.05, 4.69) is 227 Å². The summed E-state index contributed by atoms with van der Waals surface area (Å²) in [5, 5.41) is 0. The first-order valence-corrected chi connectivity index (χ1v) is 32.6. The number of carbonyl (C=O) groups excluding carboxylic acids is 3. The van der Waals surface area contributed by atoms with E-state index in [1.165, 1.54) is 0 Å². The van der Waals surface area contributed by atoms with Gasteiger partial charge in [-0.3, -0.25) is 14.4 Å². The van der Waals surface area contributed by atoms with Gasteiger partial charge in [-0.05, 0) is 167 Å². The molecule has 0 aromatic heterocycles. The van der Waals surface area contributed by atoms with E-state index in [1.807, 2.05) is 0 Å². The van der Waals surface area contributed by atoms with Gasteiger partial charge in [0, 0.05) is 19.3 Å². The van der Waals surface area contributed by atoms with E-state index < -0.39 is 6.10 Å². The maximum Gasteiger partial charge on any atom is 0.306 e. The highest BCUT2D eigenvalue weighted by Crippen LogP contribution is 2.12. The standard InChI is InChI=1S/C77H116O6/c1-4-7-10-13-16-19-22-25-28-30-32-33-34-35-36-37-38-39-40-41-42-43-45-46-49-52-55-58-61-64-67-70-76(79)82-73-74(72-81-75(78)69-66-63-60-57-54-51-48-27-24-21-18-15-12-9-6-3)83-77(80)71-68-65-62-59-56-53-50-47-44-31-29-26-23-20-17-14-11-8-5-2/h7-12,16-21,25-29,32-33,35-36,38-39,41-42,44-48,52-53,55-56,74H,4-6,13-15,22-24,30-31,34,37,40,43,49-51,54,57-73H2,1-3H3/b10-7-,11-8-,12-9-,19-16-,20-17-,21-18-,28-25-,29-26-,33-32-,36-35-,39-38-,42-41-,46-45-,47-44-,48-27-,55-52-,56-53-. The minimum absolute atomic E-state index is 0.123. The topological polar surface area (TPSA) is 78.9 Å². The van der Waals surface area contributed by atoms with Crippen molar-refractivity contribution in [2.24, 2.45) is 0 Å². The highest BCUT2D eigenvalue weighted by Gasteiger charge is 2.19. The predicted octanol–water partition coefficient (Wildman–Crippen LogP) is 22.8. The molecule has 83 heavy (non-hydrogen) atoms. The number of esters is 3. The molecule has 0 saturated heterocycles. The highest BCUT2D eigenvalue weighted by atomic mass is 16.6. The number of hydrogen-bond acceptors (Lipinski definition) is 6. The van der Waals surface area contributed by atoms with Gasteiger partial charge >= 0.3 is 17.9 Å². The molecule has 1 atom stereocenters. The van der Waals surface area contributed by atoms with Crippen molar-refractivity contribution >= 4 is 17.9 Å². The quantitative estimate of drug-likeness (QED) is 0.0261. The zero-order valence-electron chi connectivity index (χ0n) is 52.6. The number of unbranched alkanes of at least 4 members (excludes halogenated alkanes) is 11. The molecule has 0 saturated carbocycles. The molecule has 6 nitrogen and oxygen atoms in total. The first-order chi connectivity index (χ1) is 41.0. The molecule has 0 spiro atoms. The first kappa shape index (κ1) is 77.0. The molecule has 0 amide bonds. The fourth-order valence-electron chi connectivity index (χ4n) is 8.00. The monoisotopic (exact) mass is 1140 g/mol. The molecule has 0 rings (SSSR count). The summed E-state index contributed by atoms with van der Waals surface area (Å²) in [5.41, 5.74) is 0. The third-order valence-corrected chi connectivity index (χ3v) is 12.8. The third-order valence-electron chi connectivity index (χ3n) is 12.8. The van der Waals surface area contributed by atoms with Crippen LogP contribution in [0.15, 0.2) is 207 Å². The van der Waals surface area contributed by atoms with Crippen molar-refractivity contribution in [1.82, 2.24) is 0 Å². The molecule has 0 N–H and O–H groups in total. The summed E-state index contributed by atoms with van der Waals surface area (Å²) in [7, 11) is 0. The van der Waals surface area contributed by atoms with Gasteiger partial charge in [-0.2, -0.15) is 0 Å². The number of rotatable bonds is 56. The lowest BCUT2D eigenvalue weighted by Crippen LogP contribution is -2.30. The predicted molar refractivity (Wildman–Crippen MR) is 361 cm³/mol. The smallest absolute Gasteiger partial charge is 0.306 e. The molecular formula is C77H116O6. The van der Waals surface area contributed by atoms with Crippen LogP contribution in [-0.2, 0) is 28.6 Å². The van der Waals surface area contributed by atoms with Crippen LogP contribution in [0.2, 0.25) is 0 Å². The Bertz CT molecular complexity index is 2030. The van der Waals surface area contributed by atoms with Crippen LogP contribution < -0.4 is 0 Å². The van der Waals surface area contributed by atoms with Gasteiger partial charge in [0.05, 0.1) is 0 Å². The van der Waals surface area contributed by atoms with Crippen molar-refractivity contribution in [2.45, 2.75) is 245 Å². The van der Waals surface area contributed by atoms with E-state index in [0.29, 0.717) is 19.3 Å². The Morgan fingerprint density at radius 1 is 0.241 bits per heavy atom. The van der Waals surface area contributed by atoms with E-state index in [1.54, 1.807) is 0 Å². The second-order valence-corrected chi connectivity index (χ2v) is 20.5. The molecule has 0 aliphatic carbocycles. The van der Waals surface area contributed by atoms with Crippen molar-refractivity contribution < 1.29 is 28.6 Å². The minimum Gasteiger partial charge on any atom is -0.462 e. The Hall–Kier alpha value is -6.01. The van der Waals surface area contributed by atoms with Gasteiger partial charge in [0.15, 0.2) is 6.10 Å². The normalized spacial score (nSPS) is 13.5. The van der Waals surface area contributed by atoms with Gasteiger partial charge in [0.25, 0.3) is 0 Å². The van der Waals surface area contributed by atoms with Crippen LogP contribution in [0.4, 0.5) is 0 Å². The molecule has 1 unspecified atom stereocenters. The van der Waals surface area contributed by atoms with Crippen LogP contribution in [0.5, 0.6) is 0 Å². The van der Waals surface area contributed by atoms with Crippen molar-refractivity contribution in [3.05, 3.63) is 207 Å². The van der Waals surface area contributed by atoms with Crippen LogP contribution in [0.3, 0.4) is 0 Å². The molecule has 460 valence electrons. The molecule has 0 aromatic rings. The summed E-state index contributed by atoms with van der Waals surface area (Å²) in [5.74, 6) is -1.02. The largest absolute Gasteiger partial charge is 0.462 e. The van der Waals surface area contributed by atoms with Gasteiger partial charge in [-0.1, -0.05) is 259 Å². The Balaban J connectivity index is 4.52. The summed E-state index contributed by atoms with van der Waals surface area (Å²) in [4.78, 5) is 38.3. The Labute approximate surface area is 509 Å². The van der Waals surface area contributed by atoms with Gasteiger partial charge in [-0.15, -0.1) is 0 Å². The maximum atomic E-state index is 12.9. The number of ether oxygens (including phenoxy) is 3. The lowest BCUT2D eigenvalue weighted by Gasteiger charge is -2.18. The maximum absolute atomic E-state index is 12.9. The van der Waals surface area contributed by atoms with Gasteiger partial charge < -0.3 is 14.2 Å². The molecule has 6 heteroatoms. The SMILES string of the molecule is CC/C=C\C/C=C\C/C=C\C/C=C\C/C=C\C/C=C\C/C=C\C/C=C\C/C=C\CCCCCC(=O)OCC(COC(=O)CCCCCCC/C=C\C/C=C\C/C=C\CC)OC(=O)CCCCC/C=C\C/C=C\C/C=C\C/C=C\C/C=C\CC. The van der Waals surface area contributed by atoms with Gasteiger partial charge in [0.1, 0.15) is 13.2 Å². The first-order valence-electron chi connectivity index (χ1n) is 32.6. The summed E-state index contributed by atoms with van der Waals surface area (Å²) in [6, 6.07) is 0. The van der Waals surface area contributed by atoms with E-state index in [0.717, 1.165) is 193 Å². The highest BCUT2D eigenvalue weighted by molar-refractivity contribution is 5.71. The number of hydrogen-bond donors (Lipinski definition) is 0. The third kappa shape index (κ3) is 66.7. The lowest BCUT2D eigenvalue weighted by molar-refractivity contribution is -0.167. The Kier molecular flexibility index (Phi) is 63.5. The summed E-state index contributed by atoms with van der Waals surface area (Å²) in [6.07, 6.45) is 105. The molecule has 0 heterocycles. The van der Waals surface area contributed by atoms with Gasteiger partial charge in [-0.25, -0.2) is 0 Å². The van der Waals surface area contributed by atoms with Crippen LogP contribution in [-0.4, -0.2) is 37.2 Å². The van der Waals surface area contributed by atoms with E-state index in [-0.39, 0.29) is 37.5 Å². The summed E-state index contributed by atoms with van der Waals surface area (Å²) in [6.45, 7) is 6.21. The fraction of sp³-hybridized carbons (Fsp3) is 0.519. The second kappa shape index (κ2) is 68.5. The number of carbonyl (C=O) groups is 3. The fourth-order valence-corrected chi connectivity index (χ4v) is 8.00. The van der Waals surface area contributed by atoms with Crippen LogP contribution >= 0.6 is 0 Å². The molecule has 0 aliphatic rings. The van der Waals surface area contributed by atoms with Crippen LogP contribution in [0, 0.1) is 0 Å². The zero-order chi connectivity index (χ0) is 59.9. The van der Waals surface area contributed by atoms with Crippen LogP contribution in [0.25, 0.3) is 0 Å². The molecular weight excluding hydrogens is 1020 g/mol. The molecule has 0 radical (unpaired) electrons. The average molecular weight is 1140 g/mol. The van der Waals surface area contributed by atoms with E-state index >= 15 is 0 Å². The average Bonchev–Trinajstić information content (AvgIpc) is 3.49.